The van der Waals surface area contributed by atoms with Gasteiger partial charge in [0, 0.05) is 36.2 Å². The average Bonchev–Trinajstić information content (AvgIpc) is 3.28. The standard InChI is InChI=1S/C27H32FN5O2Si/c1-27(2,3)35-26(34)33-11-9-20(16-33)19-7-8-22-21(14-19)25(31-17-30-22)32-23-13-18(15-29-24(23)28)10-12-36(4,5)6/h7-8,13-15,17,20H,9,11,16H2,1-6H3,(H,30,31,32). The van der Waals surface area contributed by atoms with Gasteiger partial charge < -0.3 is 15.0 Å². The second-order valence-corrected chi connectivity index (χ2v) is 15.8. The molecule has 0 radical (unpaired) electrons. The van der Waals surface area contributed by atoms with E-state index in [-0.39, 0.29) is 17.7 Å². The number of rotatable bonds is 3. The number of hydrogen-bond acceptors (Lipinski definition) is 6. The maximum Gasteiger partial charge on any atom is 0.410 e. The molecule has 9 heteroatoms. The molecule has 1 saturated heterocycles. The van der Waals surface area contributed by atoms with Crippen LogP contribution in [0.2, 0.25) is 19.6 Å². The number of nitrogens with zero attached hydrogens (tertiary/aromatic N) is 4. The van der Waals surface area contributed by atoms with E-state index in [1.807, 2.05) is 39.0 Å². The highest BCUT2D eigenvalue weighted by Gasteiger charge is 2.30. The van der Waals surface area contributed by atoms with Crippen molar-refractivity contribution in [3.63, 3.8) is 0 Å². The van der Waals surface area contributed by atoms with Gasteiger partial charge in [-0.15, -0.1) is 5.54 Å². The number of ether oxygens (including phenoxy) is 1. The summed E-state index contributed by atoms with van der Waals surface area (Å²) in [6.07, 6.45) is 3.43. The van der Waals surface area contributed by atoms with Gasteiger partial charge in [0.05, 0.1) is 11.2 Å². The van der Waals surface area contributed by atoms with Crippen molar-refractivity contribution in [2.24, 2.45) is 0 Å². The first-order chi connectivity index (χ1) is 16.9. The number of nitrogens with one attached hydrogen (secondary N) is 1. The van der Waals surface area contributed by atoms with Crippen LogP contribution in [0.15, 0.2) is 36.8 Å². The predicted molar refractivity (Wildman–Crippen MR) is 142 cm³/mol. The Morgan fingerprint density at radius 2 is 1.97 bits per heavy atom. The molecule has 1 amide bonds. The largest absolute Gasteiger partial charge is 0.444 e. The second kappa shape index (κ2) is 9.86. The molecule has 1 atom stereocenters. The molecular weight excluding hydrogens is 473 g/mol. The first kappa shape index (κ1) is 25.6. The van der Waals surface area contributed by atoms with E-state index in [0.29, 0.717) is 24.5 Å². The zero-order valence-corrected chi connectivity index (χ0v) is 22.6. The second-order valence-electron chi connectivity index (χ2n) is 11.1. The number of likely N-dealkylation sites (tertiary alicyclic amines) is 1. The fourth-order valence-electron chi connectivity index (χ4n) is 3.94. The molecule has 188 valence electrons. The van der Waals surface area contributed by atoms with E-state index in [2.05, 4.69) is 51.4 Å². The SMILES string of the molecule is CC(C)(C)OC(=O)N1CCC(c2ccc3ncnc(Nc4cc(C#C[Si](C)(C)C)cnc4F)c3c2)C1. The topological polar surface area (TPSA) is 80.2 Å². The van der Waals surface area contributed by atoms with Crippen molar-refractivity contribution in [1.29, 1.82) is 0 Å². The monoisotopic (exact) mass is 505 g/mol. The summed E-state index contributed by atoms with van der Waals surface area (Å²) in [7, 11) is -1.58. The van der Waals surface area contributed by atoms with Crippen LogP contribution in [-0.2, 0) is 4.74 Å². The van der Waals surface area contributed by atoms with E-state index >= 15 is 0 Å². The van der Waals surface area contributed by atoms with Crippen LogP contribution in [0.25, 0.3) is 10.9 Å². The van der Waals surface area contributed by atoms with Crippen molar-refractivity contribution in [2.45, 2.75) is 58.4 Å². The zero-order chi connectivity index (χ0) is 26.1. The summed E-state index contributed by atoms with van der Waals surface area (Å²) in [5.74, 6) is 3.14. The van der Waals surface area contributed by atoms with Crippen LogP contribution in [0.5, 0.6) is 0 Å². The number of fused-ring (bicyclic) bond motifs is 1. The van der Waals surface area contributed by atoms with Gasteiger partial charge in [-0.2, -0.15) is 4.39 Å². The van der Waals surface area contributed by atoms with Crippen molar-refractivity contribution < 1.29 is 13.9 Å². The van der Waals surface area contributed by atoms with E-state index in [4.69, 9.17) is 4.74 Å². The number of carbonyl (C=O) groups is 1. The van der Waals surface area contributed by atoms with Crippen LogP contribution in [0.4, 0.5) is 20.7 Å². The number of aromatic nitrogens is 3. The highest BCUT2D eigenvalue weighted by molar-refractivity contribution is 6.83. The molecule has 0 aliphatic carbocycles. The molecule has 7 nitrogen and oxygen atoms in total. The van der Waals surface area contributed by atoms with Gasteiger partial charge in [0.2, 0.25) is 5.95 Å². The van der Waals surface area contributed by atoms with Crippen LogP contribution >= 0.6 is 0 Å². The lowest BCUT2D eigenvalue weighted by molar-refractivity contribution is 0.0292. The Balaban J connectivity index is 1.59. The van der Waals surface area contributed by atoms with E-state index in [1.165, 1.54) is 12.5 Å². The van der Waals surface area contributed by atoms with Gasteiger partial charge >= 0.3 is 6.09 Å². The molecule has 1 aromatic carbocycles. The summed E-state index contributed by atoms with van der Waals surface area (Å²) in [6.45, 7) is 13.3. The molecule has 1 aliphatic heterocycles. The molecular formula is C27H32FN5O2Si. The normalized spacial score (nSPS) is 16.0. The van der Waals surface area contributed by atoms with Gasteiger partial charge in [-0.25, -0.2) is 19.7 Å². The number of benzene rings is 1. The van der Waals surface area contributed by atoms with E-state index in [9.17, 15) is 9.18 Å². The van der Waals surface area contributed by atoms with E-state index < -0.39 is 19.6 Å². The van der Waals surface area contributed by atoms with Gasteiger partial charge in [-0.1, -0.05) is 31.6 Å². The quantitative estimate of drug-likeness (QED) is 0.273. The number of amides is 1. The van der Waals surface area contributed by atoms with Gasteiger partial charge in [-0.05, 0) is 51.0 Å². The molecule has 0 saturated carbocycles. The molecule has 0 spiro atoms. The Kier molecular flexibility index (Phi) is 7.00. The summed E-state index contributed by atoms with van der Waals surface area (Å²) < 4.78 is 20.1. The van der Waals surface area contributed by atoms with Gasteiger partial charge in [-0.3, -0.25) is 0 Å². The highest BCUT2D eigenvalue weighted by Crippen LogP contribution is 2.32. The van der Waals surface area contributed by atoms with Crippen LogP contribution in [0.1, 0.15) is 44.2 Å². The summed E-state index contributed by atoms with van der Waals surface area (Å²) in [5.41, 5.74) is 5.41. The number of carbonyl (C=O) groups excluding carboxylic acids is 1. The first-order valence-electron chi connectivity index (χ1n) is 12.1. The summed E-state index contributed by atoms with van der Waals surface area (Å²) in [6, 6.07) is 7.62. The lowest BCUT2D eigenvalue weighted by atomic mass is 9.97. The Bertz CT molecular complexity index is 1350. The molecule has 2 aromatic heterocycles. The maximum atomic E-state index is 14.6. The highest BCUT2D eigenvalue weighted by atomic mass is 28.3. The van der Waals surface area contributed by atoms with Crippen LogP contribution in [0, 0.1) is 17.4 Å². The number of halogens is 1. The first-order valence-corrected chi connectivity index (χ1v) is 15.6. The van der Waals surface area contributed by atoms with Crippen LogP contribution < -0.4 is 5.32 Å². The van der Waals surface area contributed by atoms with Crippen molar-refractivity contribution in [2.75, 3.05) is 18.4 Å². The van der Waals surface area contributed by atoms with Gasteiger partial charge in [0.1, 0.15) is 25.8 Å². The van der Waals surface area contributed by atoms with Crippen LogP contribution in [0.3, 0.4) is 0 Å². The third-order valence-electron chi connectivity index (χ3n) is 5.64. The summed E-state index contributed by atoms with van der Waals surface area (Å²) in [4.78, 5) is 26.9. The average molecular weight is 506 g/mol. The Morgan fingerprint density at radius 1 is 1.19 bits per heavy atom. The number of anilines is 2. The zero-order valence-electron chi connectivity index (χ0n) is 21.6. The molecule has 1 fully saturated rings. The Labute approximate surface area is 212 Å². The summed E-state index contributed by atoms with van der Waals surface area (Å²) >= 11 is 0. The molecule has 1 N–H and O–H groups in total. The molecule has 4 rings (SSSR count). The minimum atomic E-state index is -1.58. The fraction of sp³-hybridized carbons (Fsp3) is 0.407. The molecule has 1 unspecified atom stereocenters. The summed E-state index contributed by atoms with van der Waals surface area (Å²) in [5, 5.41) is 3.86. The smallest absolute Gasteiger partial charge is 0.410 e. The molecule has 3 aromatic rings. The van der Waals surface area contributed by atoms with E-state index in [1.54, 1.807) is 11.0 Å². The van der Waals surface area contributed by atoms with Gasteiger partial charge in [0.25, 0.3) is 0 Å². The Morgan fingerprint density at radius 3 is 2.69 bits per heavy atom. The Hall–Kier alpha value is -3.51. The maximum absolute atomic E-state index is 14.6. The fourth-order valence-corrected chi connectivity index (χ4v) is 4.46. The lowest BCUT2D eigenvalue weighted by Crippen LogP contribution is -2.35. The lowest BCUT2D eigenvalue weighted by Gasteiger charge is -2.24. The van der Waals surface area contributed by atoms with Crippen molar-refractivity contribution in [3.05, 3.63) is 53.9 Å². The number of pyridine rings is 1. The number of hydrogen-bond donors (Lipinski definition) is 1. The van der Waals surface area contributed by atoms with Crippen molar-refractivity contribution in [3.8, 4) is 11.5 Å². The predicted octanol–water partition coefficient (Wildman–Crippen LogP) is 5.86. The third kappa shape index (κ3) is 6.37. The van der Waals surface area contributed by atoms with Crippen molar-refractivity contribution in [1.82, 2.24) is 19.9 Å². The van der Waals surface area contributed by atoms with Crippen molar-refractivity contribution >= 4 is 36.6 Å². The minimum Gasteiger partial charge on any atom is -0.444 e. The molecule has 36 heavy (non-hydrogen) atoms. The minimum absolute atomic E-state index is 0.161. The molecule has 0 bridgehead atoms. The van der Waals surface area contributed by atoms with Gasteiger partial charge in [0.15, 0.2) is 0 Å². The third-order valence-corrected chi connectivity index (χ3v) is 6.52. The van der Waals surface area contributed by atoms with Crippen LogP contribution in [-0.4, -0.2) is 52.7 Å². The molecule has 1 aliphatic rings. The van der Waals surface area contributed by atoms with E-state index in [0.717, 1.165) is 22.9 Å². The molecule has 3 heterocycles.